The average Bonchev–Trinajstić information content (AvgIpc) is 2.05. The molecule has 0 radical (unpaired) electrons. The summed E-state index contributed by atoms with van der Waals surface area (Å²) in [6.07, 6.45) is 4.39. The number of pyridine rings is 1. The molecule has 1 aromatic heterocycles. The molecule has 2 nitrogen and oxygen atoms in total. The Balaban J connectivity index is 2.92. The highest BCUT2D eigenvalue weighted by Crippen LogP contribution is 2.17. The maximum Gasteiger partial charge on any atom is 0.0471 e. The lowest BCUT2D eigenvalue weighted by Gasteiger charge is -2.10. The normalized spacial score (nSPS) is 10.7. The minimum Gasteiger partial charge on any atom is -0.396 e. The zero-order chi connectivity index (χ0) is 8.97. The summed E-state index contributed by atoms with van der Waals surface area (Å²) in [5.74, 6) is 0.486. The van der Waals surface area contributed by atoms with Crippen LogP contribution in [-0.4, -0.2) is 16.7 Å². The van der Waals surface area contributed by atoms with Gasteiger partial charge in [0, 0.05) is 19.0 Å². The second kappa shape index (κ2) is 4.21. The van der Waals surface area contributed by atoms with Gasteiger partial charge in [-0.05, 0) is 29.5 Å². The minimum absolute atomic E-state index is 0.212. The van der Waals surface area contributed by atoms with E-state index in [0.717, 1.165) is 6.42 Å². The molecule has 2 heteroatoms. The molecule has 0 bridgehead atoms. The van der Waals surface area contributed by atoms with Gasteiger partial charge in [0.25, 0.3) is 0 Å². The minimum atomic E-state index is 0.212. The highest BCUT2D eigenvalue weighted by molar-refractivity contribution is 5.26. The van der Waals surface area contributed by atoms with E-state index < -0.39 is 0 Å². The summed E-state index contributed by atoms with van der Waals surface area (Å²) >= 11 is 0. The monoisotopic (exact) mass is 165 g/mol. The maximum absolute atomic E-state index is 8.81. The molecule has 12 heavy (non-hydrogen) atoms. The van der Waals surface area contributed by atoms with E-state index in [9.17, 15) is 0 Å². The van der Waals surface area contributed by atoms with Crippen LogP contribution in [0.3, 0.4) is 0 Å². The molecule has 0 aromatic carbocycles. The van der Waals surface area contributed by atoms with Crippen LogP contribution < -0.4 is 0 Å². The Morgan fingerprint density at radius 1 is 1.50 bits per heavy atom. The molecule has 0 aliphatic rings. The summed E-state index contributed by atoms with van der Waals surface area (Å²) in [5.41, 5.74) is 2.45. The van der Waals surface area contributed by atoms with Gasteiger partial charge in [-0.1, -0.05) is 13.8 Å². The van der Waals surface area contributed by atoms with Gasteiger partial charge in [0.1, 0.15) is 0 Å². The molecule has 1 aromatic rings. The second-order valence-electron chi connectivity index (χ2n) is 3.20. The summed E-state index contributed by atoms with van der Waals surface area (Å²) in [6.45, 7) is 4.49. The topological polar surface area (TPSA) is 33.1 Å². The molecule has 0 amide bonds. The number of aliphatic hydroxyl groups is 1. The first-order valence-electron chi connectivity index (χ1n) is 4.29. The van der Waals surface area contributed by atoms with Gasteiger partial charge in [0.2, 0.25) is 0 Å². The molecule has 0 fully saturated rings. The molecule has 1 rings (SSSR count). The summed E-state index contributed by atoms with van der Waals surface area (Å²) in [6, 6.07) is 1.98. The van der Waals surface area contributed by atoms with Crippen LogP contribution in [0.25, 0.3) is 0 Å². The van der Waals surface area contributed by atoms with Crippen molar-refractivity contribution in [2.75, 3.05) is 6.61 Å². The van der Waals surface area contributed by atoms with Crippen LogP contribution in [-0.2, 0) is 6.42 Å². The zero-order valence-electron chi connectivity index (χ0n) is 7.62. The fraction of sp³-hybridized carbons (Fsp3) is 0.500. The van der Waals surface area contributed by atoms with Gasteiger partial charge >= 0.3 is 0 Å². The average molecular weight is 165 g/mol. The van der Waals surface area contributed by atoms with Crippen LogP contribution in [0, 0.1) is 0 Å². The number of hydrogen-bond donors (Lipinski definition) is 1. The third kappa shape index (κ3) is 2.05. The van der Waals surface area contributed by atoms with E-state index in [0.29, 0.717) is 5.92 Å². The molecule has 66 valence electrons. The molecule has 0 aliphatic carbocycles. The van der Waals surface area contributed by atoms with E-state index >= 15 is 0 Å². The van der Waals surface area contributed by atoms with E-state index in [1.807, 2.05) is 12.3 Å². The Labute approximate surface area is 73.3 Å². The molecule has 0 atom stereocenters. The lowest BCUT2D eigenvalue weighted by atomic mass is 9.98. The van der Waals surface area contributed by atoms with E-state index in [2.05, 4.69) is 18.8 Å². The smallest absolute Gasteiger partial charge is 0.0471 e. The predicted molar refractivity (Wildman–Crippen MR) is 49.1 cm³/mol. The fourth-order valence-electron chi connectivity index (χ4n) is 1.30. The first-order valence-corrected chi connectivity index (χ1v) is 4.29. The number of hydrogen-bond acceptors (Lipinski definition) is 2. The molecule has 0 unspecified atom stereocenters. The Bertz CT molecular complexity index is 245. The number of aliphatic hydroxyl groups excluding tert-OH is 1. The van der Waals surface area contributed by atoms with E-state index in [1.54, 1.807) is 6.20 Å². The Morgan fingerprint density at radius 2 is 2.25 bits per heavy atom. The molecule has 1 N–H and O–H groups in total. The molecule has 0 aliphatic heterocycles. The predicted octanol–water partition coefficient (Wildman–Crippen LogP) is 1.74. The third-order valence-corrected chi connectivity index (χ3v) is 1.95. The Hall–Kier alpha value is -0.890. The summed E-state index contributed by atoms with van der Waals surface area (Å²) in [7, 11) is 0. The first kappa shape index (κ1) is 9.20. The van der Waals surface area contributed by atoms with Crippen LogP contribution in [0.1, 0.15) is 30.9 Å². The Morgan fingerprint density at radius 3 is 2.83 bits per heavy atom. The first-order chi connectivity index (χ1) is 5.75. The van der Waals surface area contributed by atoms with Gasteiger partial charge in [-0.3, -0.25) is 4.98 Å². The standard InChI is InChI=1S/C10H15NO/c1-8(2)10-7-11-5-3-9(10)4-6-12/h3,5,7-8,12H,4,6H2,1-2H3. The maximum atomic E-state index is 8.81. The lowest BCUT2D eigenvalue weighted by molar-refractivity contribution is 0.299. The fourth-order valence-corrected chi connectivity index (χ4v) is 1.30. The number of aromatic nitrogens is 1. The summed E-state index contributed by atoms with van der Waals surface area (Å²) in [5, 5.41) is 8.81. The van der Waals surface area contributed by atoms with Crippen molar-refractivity contribution in [2.24, 2.45) is 0 Å². The lowest BCUT2D eigenvalue weighted by Crippen LogP contribution is -1.99. The molecular weight excluding hydrogens is 150 g/mol. The quantitative estimate of drug-likeness (QED) is 0.740. The molecule has 0 saturated heterocycles. The third-order valence-electron chi connectivity index (χ3n) is 1.95. The van der Waals surface area contributed by atoms with Crippen LogP contribution in [0.4, 0.5) is 0 Å². The SMILES string of the molecule is CC(C)c1cnccc1CCO. The second-order valence-corrected chi connectivity index (χ2v) is 3.20. The highest BCUT2D eigenvalue weighted by Gasteiger charge is 2.04. The van der Waals surface area contributed by atoms with Crippen molar-refractivity contribution in [2.45, 2.75) is 26.2 Å². The van der Waals surface area contributed by atoms with Crippen molar-refractivity contribution >= 4 is 0 Å². The van der Waals surface area contributed by atoms with Crippen molar-refractivity contribution in [1.82, 2.24) is 4.98 Å². The van der Waals surface area contributed by atoms with Crippen molar-refractivity contribution in [3.8, 4) is 0 Å². The van der Waals surface area contributed by atoms with Crippen LogP contribution >= 0.6 is 0 Å². The van der Waals surface area contributed by atoms with Gasteiger partial charge < -0.3 is 5.11 Å². The highest BCUT2D eigenvalue weighted by atomic mass is 16.2. The van der Waals surface area contributed by atoms with Crippen LogP contribution in [0.2, 0.25) is 0 Å². The van der Waals surface area contributed by atoms with Gasteiger partial charge in [-0.15, -0.1) is 0 Å². The van der Waals surface area contributed by atoms with Crippen molar-refractivity contribution in [3.63, 3.8) is 0 Å². The summed E-state index contributed by atoms with van der Waals surface area (Å²) in [4.78, 5) is 4.07. The van der Waals surface area contributed by atoms with Crippen molar-refractivity contribution in [3.05, 3.63) is 29.6 Å². The molecule has 0 spiro atoms. The van der Waals surface area contributed by atoms with E-state index in [-0.39, 0.29) is 6.61 Å². The number of nitrogens with zero attached hydrogens (tertiary/aromatic N) is 1. The molecule has 1 heterocycles. The van der Waals surface area contributed by atoms with Gasteiger partial charge in [0.05, 0.1) is 0 Å². The van der Waals surface area contributed by atoms with Crippen molar-refractivity contribution < 1.29 is 5.11 Å². The summed E-state index contributed by atoms with van der Waals surface area (Å²) < 4.78 is 0. The van der Waals surface area contributed by atoms with Gasteiger partial charge in [-0.25, -0.2) is 0 Å². The Kier molecular flexibility index (Phi) is 3.23. The number of rotatable bonds is 3. The van der Waals surface area contributed by atoms with E-state index in [1.165, 1.54) is 11.1 Å². The van der Waals surface area contributed by atoms with Crippen LogP contribution in [0.15, 0.2) is 18.5 Å². The van der Waals surface area contributed by atoms with E-state index in [4.69, 9.17) is 5.11 Å². The largest absolute Gasteiger partial charge is 0.396 e. The molecule has 0 saturated carbocycles. The molecular formula is C10H15NO. The van der Waals surface area contributed by atoms with Gasteiger partial charge in [-0.2, -0.15) is 0 Å². The van der Waals surface area contributed by atoms with Crippen molar-refractivity contribution in [1.29, 1.82) is 0 Å². The zero-order valence-corrected chi connectivity index (χ0v) is 7.62. The van der Waals surface area contributed by atoms with Gasteiger partial charge in [0.15, 0.2) is 0 Å². The van der Waals surface area contributed by atoms with Crippen LogP contribution in [0.5, 0.6) is 0 Å².